The molecule has 0 radical (unpaired) electrons. The van der Waals surface area contributed by atoms with E-state index >= 15 is 0 Å². The van der Waals surface area contributed by atoms with Gasteiger partial charge in [0.2, 0.25) is 0 Å². The van der Waals surface area contributed by atoms with Gasteiger partial charge in [0.1, 0.15) is 0 Å². The smallest absolute Gasteiger partial charge is 0.191 e. The van der Waals surface area contributed by atoms with Crippen LogP contribution in [0.25, 0.3) is 0 Å². The number of rotatable bonds is 12. The molecular weight excluding hydrogens is 254 g/mol. The molecule has 0 aliphatic heterocycles. The standard InChI is InChI=1S/C15H33N3O2/c1-5-16-15(17-9-6-8-14(2)3)18-10-7-11-20-13-12-19-4/h14H,5-13H2,1-4H3,(H2,16,17,18). The van der Waals surface area contributed by atoms with Gasteiger partial charge < -0.3 is 20.1 Å². The molecule has 0 amide bonds. The van der Waals surface area contributed by atoms with Crippen LogP contribution in [0.5, 0.6) is 0 Å². The third kappa shape index (κ3) is 13.6. The fourth-order valence-corrected chi connectivity index (χ4v) is 1.66. The predicted octanol–water partition coefficient (Wildman–Crippen LogP) is 2.03. The molecule has 0 aliphatic rings. The van der Waals surface area contributed by atoms with Gasteiger partial charge in [0.25, 0.3) is 0 Å². The lowest BCUT2D eigenvalue weighted by atomic mass is 10.1. The van der Waals surface area contributed by atoms with E-state index in [0.717, 1.165) is 44.5 Å². The highest BCUT2D eigenvalue weighted by molar-refractivity contribution is 5.79. The van der Waals surface area contributed by atoms with Gasteiger partial charge in [-0.1, -0.05) is 13.8 Å². The minimum Gasteiger partial charge on any atom is -0.382 e. The molecule has 2 N–H and O–H groups in total. The summed E-state index contributed by atoms with van der Waals surface area (Å²) in [5, 5.41) is 6.63. The molecule has 5 nitrogen and oxygen atoms in total. The summed E-state index contributed by atoms with van der Waals surface area (Å²) in [5.41, 5.74) is 0. The second-order valence-corrected chi connectivity index (χ2v) is 5.18. The van der Waals surface area contributed by atoms with Gasteiger partial charge in [0.05, 0.1) is 13.2 Å². The Morgan fingerprint density at radius 3 is 2.55 bits per heavy atom. The summed E-state index contributed by atoms with van der Waals surface area (Å²) in [7, 11) is 1.68. The lowest BCUT2D eigenvalue weighted by Gasteiger charge is -2.12. The number of aliphatic imine (C=N–C) groups is 1. The Hall–Kier alpha value is -0.810. The average Bonchev–Trinajstić information content (AvgIpc) is 2.42. The molecule has 0 rings (SSSR count). The molecule has 20 heavy (non-hydrogen) atoms. The van der Waals surface area contributed by atoms with Gasteiger partial charge in [-0.3, -0.25) is 4.99 Å². The Morgan fingerprint density at radius 1 is 1.10 bits per heavy atom. The first kappa shape index (κ1) is 19.2. The van der Waals surface area contributed by atoms with E-state index in [-0.39, 0.29) is 0 Å². The molecular formula is C15H33N3O2. The minimum absolute atomic E-state index is 0.656. The fraction of sp³-hybridized carbons (Fsp3) is 0.933. The summed E-state index contributed by atoms with van der Waals surface area (Å²) >= 11 is 0. The quantitative estimate of drug-likeness (QED) is 0.328. The number of hydrogen-bond acceptors (Lipinski definition) is 3. The molecule has 120 valence electrons. The maximum atomic E-state index is 5.41. The maximum Gasteiger partial charge on any atom is 0.191 e. The van der Waals surface area contributed by atoms with Crippen LogP contribution < -0.4 is 10.6 Å². The van der Waals surface area contributed by atoms with Crippen LogP contribution in [0, 0.1) is 5.92 Å². The Balaban J connectivity index is 3.67. The lowest BCUT2D eigenvalue weighted by molar-refractivity contribution is 0.0702. The summed E-state index contributed by atoms with van der Waals surface area (Å²) in [5.74, 6) is 1.67. The Bertz CT molecular complexity index is 233. The van der Waals surface area contributed by atoms with Crippen molar-refractivity contribution in [1.29, 1.82) is 0 Å². The van der Waals surface area contributed by atoms with Crippen LogP contribution in [0.15, 0.2) is 4.99 Å². The van der Waals surface area contributed by atoms with Crippen LogP contribution >= 0.6 is 0 Å². The van der Waals surface area contributed by atoms with Crippen molar-refractivity contribution in [2.24, 2.45) is 10.9 Å². The van der Waals surface area contributed by atoms with Crippen LogP contribution in [0.4, 0.5) is 0 Å². The minimum atomic E-state index is 0.656. The van der Waals surface area contributed by atoms with E-state index in [1.807, 2.05) is 0 Å². The van der Waals surface area contributed by atoms with Crippen LogP contribution in [0.2, 0.25) is 0 Å². The van der Waals surface area contributed by atoms with E-state index in [4.69, 9.17) is 9.47 Å². The van der Waals surface area contributed by atoms with Gasteiger partial charge in [0, 0.05) is 33.4 Å². The van der Waals surface area contributed by atoms with E-state index in [9.17, 15) is 0 Å². The van der Waals surface area contributed by atoms with Gasteiger partial charge >= 0.3 is 0 Å². The number of methoxy groups -OCH3 is 1. The summed E-state index contributed by atoms with van der Waals surface area (Å²) in [4.78, 5) is 4.53. The highest BCUT2D eigenvalue weighted by Crippen LogP contribution is 2.01. The molecule has 0 unspecified atom stereocenters. The molecule has 0 aromatic heterocycles. The Kier molecular flexibility index (Phi) is 14.0. The summed E-state index contributed by atoms with van der Waals surface area (Å²) in [6.45, 7) is 11.3. The number of nitrogens with one attached hydrogen (secondary N) is 2. The van der Waals surface area contributed by atoms with E-state index in [1.165, 1.54) is 12.8 Å². The number of ether oxygens (including phenoxy) is 2. The van der Waals surface area contributed by atoms with Gasteiger partial charge in [-0.25, -0.2) is 0 Å². The van der Waals surface area contributed by atoms with Crippen molar-refractivity contribution in [2.75, 3.05) is 46.6 Å². The maximum absolute atomic E-state index is 5.41. The predicted molar refractivity (Wildman–Crippen MR) is 85.4 cm³/mol. The Labute approximate surface area is 124 Å². The van der Waals surface area contributed by atoms with Crippen molar-refractivity contribution in [3.05, 3.63) is 0 Å². The molecule has 0 bridgehead atoms. The van der Waals surface area contributed by atoms with Crippen molar-refractivity contribution in [1.82, 2.24) is 10.6 Å². The third-order valence-electron chi connectivity index (χ3n) is 2.74. The molecule has 0 aromatic rings. The molecule has 0 aromatic carbocycles. The number of nitrogens with zero attached hydrogens (tertiary/aromatic N) is 1. The van der Waals surface area contributed by atoms with Crippen molar-refractivity contribution < 1.29 is 9.47 Å². The first-order chi connectivity index (χ1) is 9.70. The monoisotopic (exact) mass is 287 g/mol. The second-order valence-electron chi connectivity index (χ2n) is 5.18. The highest BCUT2D eigenvalue weighted by Gasteiger charge is 1.98. The van der Waals surface area contributed by atoms with E-state index in [2.05, 4.69) is 36.4 Å². The van der Waals surface area contributed by atoms with Crippen molar-refractivity contribution in [3.63, 3.8) is 0 Å². The Morgan fingerprint density at radius 2 is 1.90 bits per heavy atom. The lowest BCUT2D eigenvalue weighted by Crippen LogP contribution is -2.38. The molecule has 0 spiro atoms. The third-order valence-corrected chi connectivity index (χ3v) is 2.74. The van der Waals surface area contributed by atoms with Crippen LogP contribution in [-0.2, 0) is 9.47 Å². The van der Waals surface area contributed by atoms with Crippen molar-refractivity contribution in [3.8, 4) is 0 Å². The van der Waals surface area contributed by atoms with Crippen LogP contribution in [0.3, 0.4) is 0 Å². The fourth-order valence-electron chi connectivity index (χ4n) is 1.66. The topological polar surface area (TPSA) is 54.9 Å². The molecule has 5 heteroatoms. The van der Waals surface area contributed by atoms with Gasteiger partial charge in [-0.15, -0.1) is 0 Å². The highest BCUT2D eigenvalue weighted by atomic mass is 16.5. The number of guanidine groups is 1. The number of hydrogen-bond donors (Lipinski definition) is 2. The van der Waals surface area contributed by atoms with Crippen molar-refractivity contribution >= 4 is 5.96 Å². The molecule has 0 heterocycles. The zero-order valence-electron chi connectivity index (χ0n) is 13.7. The van der Waals surface area contributed by atoms with Crippen LogP contribution in [0.1, 0.15) is 40.0 Å². The SMILES string of the molecule is CCNC(=NCCCOCCOC)NCCCC(C)C. The first-order valence-corrected chi connectivity index (χ1v) is 7.79. The van der Waals surface area contributed by atoms with Crippen molar-refractivity contribution in [2.45, 2.75) is 40.0 Å². The molecule has 0 atom stereocenters. The molecule has 0 aliphatic carbocycles. The van der Waals surface area contributed by atoms with E-state index < -0.39 is 0 Å². The van der Waals surface area contributed by atoms with Gasteiger partial charge in [-0.05, 0) is 32.1 Å². The molecule has 0 fully saturated rings. The summed E-state index contributed by atoms with van der Waals surface area (Å²) in [6.07, 6.45) is 3.37. The summed E-state index contributed by atoms with van der Waals surface area (Å²) in [6, 6.07) is 0. The van der Waals surface area contributed by atoms with E-state index in [1.54, 1.807) is 7.11 Å². The van der Waals surface area contributed by atoms with Crippen LogP contribution in [-0.4, -0.2) is 52.5 Å². The van der Waals surface area contributed by atoms with E-state index in [0.29, 0.717) is 13.2 Å². The summed E-state index contributed by atoms with van der Waals surface area (Å²) < 4.78 is 10.3. The first-order valence-electron chi connectivity index (χ1n) is 7.79. The second kappa shape index (κ2) is 14.6. The zero-order chi connectivity index (χ0) is 15.1. The zero-order valence-corrected chi connectivity index (χ0v) is 13.7. The van der Waals surface area contributed by atoms with Gasteiger partial charge in [0.15, 0.2) is 5.96 Å². The molecule has 0 saturated heterocycles. The van der Waals surface area contributed by atoms with Gasteiger partial charge in [-0.2, -0.15) is 0 Å². The largest absolute Gasteiger partial charge is 0.382 e. The average molecular weight is 287 g/mol. The molecule has 0 saturated carbocycles. The normalized spacial score (nSPS) is 11.9.